The number of hydrogen-bond acceptors (Lipinski definition) is 2. The average Bonchev–Trinajstić information content (AvgIpc) is 3.72. The predicted molar refractivity (Wildman–Crippen MR) is 294 cm³/mol. The number of unbranched alkanes of at least 4 members (excludes halogenated alkanes) is 3. The zero-order chi connectivity index (χ0) is 45.9. The summed E-state index contributed by atoms with van der Waals surface area (Å²) in [5.41, 5.74) is 21.4. The van der Waals surface area contributed by atoms with Crippen LogP contribution in [0.1, 0.15) is 64.5 Å². The van der Waals surface area contributed by atoms with Crippen LogP contribution in [-0.2, 0) is 11.8 Å². The summed E-state index contributed by atoms with van der Waals surface area (Å²) in [5.74, 6) is 0. The highest BCUT2D eigenvalue weighted by molar-refractivity contribution is 8.00. The lowest BCUT2D eigenvalue weighted by Crippen LogP contribution is -2.60. The Morgan fingerprint density at radius 3 is 1.71 bits per heavy atom. The molecule has 0 atom stereocenters. The Morgan fingerprint density at radius 2 is 1.09 bits per heavy atom. The topological polar surface area (TPSA) is 8.17 Å². The molecule has 0 N–H and O–H groups in total. The molecule has 9 aromatic carbocycles. The molecule has 330 valence electrons. The molecule has 68 heavy (non-hydrogen) atoms. The van der Waals surface area contributed by atoms with Gasteiger partial charge in [-0.15, -0.1) is 0 Å². The van der Waals surface area contributed by atoms with Crippen molar-refractivity contribution in [2.24, 2.45) is 0 Å². The summed E-state index contributed by atoms with van der Waals surface area (Å²) in [7, 11) is 0. The number of rotatable bonds is 10. The molecule has 0 fully saturated rings. The van der Waals surface area contributed by atoms with E-state index in [4.69, 9.17) is 0 Å². The van der Waals surface area contributed by atoms with Gasteiger partial charge in [-0.3, -0.25) is 0 Å². The average molecular weight is 895 g/mol. The molecule has 3 heterocycles. The Morgan fingerprint density at radius 1 is 0.485 bits per heavy atom. The van der Waals surface area contributed by atoms with Gasteiger partial charge in [0.15, 0.2) is 0 Å². The second-order valence-corrected chi connectivity index (χ2v) is 20.9. The van der Waals surface area contributed by atoms with Gasteiger partial charge >= 0.3 is 0 Å². The summed E-state index contributed by atoms with van der Waals surface area (Å²) >= 11 is 1.96. The molecule has 2 nitrogen and oxygen atoms in total. The molecule has 0 aliphatic carbocycles. The van der Waals surface area contributed by atoms with Gasteiger partial charge in [-0.05, 0) is 117 Å². The van der Waals surface area contributed by atoms with Crippen LogP contribution < -0.4 is 21.3 Å². The summed E-state index contributed by atoms with van der Waals surface area (Å²) in [6.07, 6.45) is 5.95. The van der Waals surface area contributed by atoms with Crippen LogP contribution in [0.2, 0.25) is 0 Å². The normalized spacial score (nSPS) is 12.9. The monoisotopic (exact) mass is 894 g/mol. The lowest BCUT2D eigenvalue weighted by Gasteiger charge is -2.42. The van der Waals surface area contributed by atoms with Gasteiger partial charge in [-0.25, -0.2) is 0 Å². The molecule has 12 rings (SSSR count). The maximum Gasteiger partial charge on any atom is 0.249 e. The van der Waals surface area contributed by atoms with E-state index in [1.807, 2.05) is 11.8 Å². The van der Waals surface area contributed by atoms with Gasteiger partial charge in [0.05, 0.1) is 16.7 Å². The molecule has 0 saturated heterocycles. The van der Waals surface area contributed by atoms with E-state index in [0.29, 0.717) is 0 Å². The van der Waals surface area contributed by atoms with E-state index in [9.17, 15) is 0 Å². The fourth-order valence-corrected chi connectivity index (χ4v) is 12.3. The van der Waals surface area contributed by atoms with Gasteiger partial charge in [0, 0.05) is 48.8 Å². The quantitative estimate of drug-likeness (QED) is 0.0998. The Balaban J connectivity index is 1.21. The van der Waals surface area contributed by atoms with E-state index in [1.54, 1.807) is 0 Å². The lowest BCUT2D eigenvalue weighted by atomic mass is 9.34. The van der Waals surface area contributed by atoms with Crippen molar-refractivity contribution in [1.82, 2.24) is 4.57 Å². The van der Waals surface area contributed by atoms with Crippen LogP contribution in [0.3, 0.4) is 0 Å². The molecule has 0 amide bonds. The molecular weight excluding hydrogens is 840 g/mol. The highest BCUT2D eigenvalue weighted by atomic mass is 32.2. The van der Waals surface area contributed by atoms with Crippen LogP contribution in [0.25, 0.3) is 60.9 Å². The number of aromatic nitrogens is 1. The van der Waals surface area contributed by atoms with Crippen molar-refractivity contribution in [2.45, 2.75) is 75.0 Å². The first-order valence-corrected chi connectivity index (χ1v) is 25.4. The van der Waals surface area contributed by atoms with Crippen LogP contribution in [0.15, 0.2) is 210 Å². The molecule has 0 spiro atoms. The Labute approximate surface area is 406 Å². The van der Waals surface area contributed by atoms with Gasteiger partial charge in [0.1, 0.15) is 0 Å². The van der Waals surface area contributed by atoms with Crippen LogP contribution in [0, 0.1) is 0 Å². The summed E-state index contributed by atoms with van der Waals surface area (Å²) < 4.78 is 2.49. The van der Waals surface area contributed by atoms with E-state index in [0.717, 1.165) is 12.1 Å². The standard InChI is InChI=1S/C64H55BN2S/c1-5-6-7-11-22-43-37-59-62-61(38-43)68-60-36-33-47(44-23-12-8-13-24-44)39-55(60)65(62)54-35-34-49(66-56-31-20-18-29-50(56)51-30-19-21-32-57(51)66)42-58(54)67(59)63-52(45-25-14-9-15-26-45)40-48(64(2,3)4)41-53(63)46-27-16-10-17-28-46/h8-10,12-21,23-42H,5-7,11,22H2,1-4H3. The summed E-state index contributed by atoms with van der Waals surface area (Å²) in [6.45, 7) is 9.38. The molecule has 0 saturated carbocycles. The number of nitrogens with zero attached hydrogens (tertiary/aromatic N) is 2. The third-order valence-corrected chi connectivity index (χ3v) is 15.6. The van der Waals surface area contributed by atoms with E-state index in [1.165, 1.54) is 135 Å². The minimum absolute atomic E-state index is 0.0294. The molecule has 0 unspecified atom stereocenters. The first-order valence-electron chi connectivity index (χ1n) is 24.6. The number of hydrogen-bond donors (Lipinski definition) is 0. The second kappa shape index (κ2) is 17.3. The SMILES string of the molecule is CCCCCCc1cc2c3c(c1)N(c1c(-c4ccccc4)cc(C(C)(C)C)cc1-c1ccccc1)c1cc(-n4c5ccccc5c5ccccc54)ccc1B3c1cc(-c3ccccc3)ccc1S2. The van der Waals surface area contributed by atoms with Crippen molar-refractivity contribution in [3.63, 3.8) is 0 Å². The van der Waals surface area contributed by atoms with E-state index in [-0.39, 0.29) is 12.1 Å². The van der Waals surface area contributed by atoms with Crippen LogP contribution in [0.5, 0.6) is 0 Å². The zero-order valence-corrected chi connectivity index (χ0v) is 40.3. The highest BCUT2D eigenvalue weighted by Crippen LogP contribution is 2.51. The summed E-state index contributed by atoms with van der Waals surface area (Å²) in [5, 5.41) is 2.53. The number of fused-ring (bicyclic) bond motifs is 7. The van der Waals surface area contributed by atoms with Gasteiger partial charge in [-0.2, -0.15) is 0 Å². The summed E-state index contributed by atoms with van der Waals surface area (Å²) in [6, 6.07) is 75.7. The van der Waals surface area contributed by atoms with Crippen molar-refractivity contribution in [2.75, 3.05) is 4.90 Å². The van der Waals surface area contributed by atoms with Crippen molar-refractivity contribution in [1.29, 1.82) is 0 Å². The molecule has 2 aliphatic heterocycles. The van der Waals surface area contributed by atoms with Crippen LogP contribution in [0.4, 0.5) is 17.1 Å². The first kappa shape index (κ1) is 42.4. The number of para-hydroxylation sites is 2. The van der Waals surface area contributed by atoms with Crippen molar-refractivity contribution < 1.29 is 0 Å². The Kier molecular flexibility index (Phi) is 10.8. The first-order chi connectivity index (χ1) is 33.3. The fourth-order valence-electron chi connectivity index (χ4n) is 11.1. The number of benzene rings is 9. The largest absolute Gasteiger partial charge is 0.310 e. The molecule has 0 bridgehead atoms. The fraction of sp³-hybridized carbons (Fsp3) is 0.156. The van der Waals surface area contributed by atoms with E-state index in [2.05, 4.69) is 237 Å². The third kappa shape index (κ3) is 7.29. The highest BCUT2D eigenvalue weighted by Gasteiger charge is 2.43. The second-order valence-electron chi connectivity index (χ2n) is 19.8. The zero-order valence-electron chi connectivity index (χ0n) is 39.5. The Hall–Kier alpha value is -7.01. The Bertz CT molecular complexity index is 3400. The smallest absolute Gasteiger partial charge is 0.249 e. The number of anilines is 3. The van der Waals surface area contributed by atoms with Gasteiger partial charge < -0.3 is 9.47 Å². The summed E-state index contributed by atoms with van der Waals surface area (Å²) in [4.78, 5) is 5.42. The number of aryl methyl sites for hydroxylation is 1. The minimum Gasteiger partial charge on any atom is -0.310 e. The molecule has 0 radical (unpaired) electrons. The van der Waals surface area contributed by atoms with Crippen LogP contribution in [-0.4, -0.2) is 11.3 Å². The maximum absolute atomic E-state index is 2.71. The van der Waals surface area contributed by atoms with E-state index >= 15 is 0 Å². The molecule has 10 aromatic rings. The van der Waals surface area contributed by atoms with Gasteiger partial charge in [0.2, 0.25) is 6.71 Å². The van der Waals surface area contributed by atoms with Crippen molar-refractivity contribution in [3.8, 4) is 39.1 Å². The predicted octanol–water partition coefficient (Wildman–Crippen LogP) is 16.0. The maximum atomic E-state index is 2.71. The molecular formula is C64H55BN2S. The molecule has 2 aliphatic rings. The van der Waals surface area contributed by atoms with E-state index < -0.39 is 0 Å². The van der Waals surface area contributed by atoms with Crippen LogP contribution >= 0.6 is 11.8 Å². The molecule has 4 heteroatoms. The lowest BCUT2D eigenvalue weighted by molar-refractivity contribution is 0.591. The van der Waals surface area contributed by atoms with Gasteiger partial charge in [-0.1, -0.05) is 210 Å². The molecule has 1 aromatic heterocycles. The minimum atomic E-state index is -0.0887. The van der Waals surface area contributed by atoms with Crippen molar-refractivity contribution >= 4 is 73.7 Å². The van der Waals surface area contributed by atoms with Crippen molar-refractivity contribution in [3.05, 3.63) is 211 Å². The van der Waals surface area contributed by atoms with Gasteiger partial charge in [0.25, 0.3) is 0 Å². The third-order valence-electron chi connectivity index (χ3n) is 14.4.